The largest absolute Gasteiger partial charge is 0.391 e. The SMILES string of the molecule is CNC(=O)C[C@H](NC(=O)[C@@H]1C[C@@H](O)CN1C(=O)[C@@H](c1cc(C)no1)C(C)C)c1ccc(Br)cc1. The number of hydrogen-bond donors (Lipinski definition) is 3. The highest BCUT2D eigenvalue weighted by Gasteiger charge is 2.43. The van der Waals surface area contributed by atoms with Crippen LogP contribution in [0.2, 0.25) is 0 Å². The minimum absolute atomic E-state index is 0.0407. The van der Waals surface area contributed by atoms with Gasteiger partial charge in [-0.2, -0.15) is 0 Å². The standard InChI is InChI=1S/C24H31BrN4O5/c1-13(2)22(20-9-14(3)28-34-20)24(33)29-12-17(30)10-19(29)23(32)27-18(11-21(31)26-4)15-5-7-16(25)8-6-15/h5-9,13,17-19,22,30H,10-12H2,1-4H3,(H,26,31)(H,27,32)/t17-,18+,19+,22-/m1/s1. The molecule has 9 nitrogen and oxygen atoms in total. The predicted molar refractivity (Wildman–Crippen MR) is 129 cm³/mol. The van der Waals surface area contributed by atoms with Gasteiger partial charge in [0.05, 0.1) is 24.3 Å². The van der Waals surface area contributed by atoms with Crippen LogP contribution in [0.4, 0.5) is 0 Å². The number of likely N-dealkylation sites (tertiary alicyclic amines) is 1. The molecule has 2 heterocycles. The molecule has 0 unspecified atom stereocenters. The lowest BCUT2D eigenvalue weighted by Crippen LogP contribution is -2.49. The smallest absolute Gasteiger partial charge is 0.243 e. The maximum Gasteiger partial charge on any atom is 0.243 e. The summed E-state index contributed by atoms with van der Waals surface area (Å²) in [5.74, 6) is -1.24. The number of aromatic nitrogens is 1. The average molecular weight is 535 g/mol. The summed E-state index contributed by atoms with van der Waals surface area (Å²) in [4.78, 5) is 40.5. The quantitative estimate of drug-likeness (QED) is 0.477. The van der Waals surface area contributed by atoms with Crippen LogP contribution in [0.3, 0.4) is 0 Å². The third kappa shape index (κ3) is 6.04. The van der Waals surface area contributed by atoms with Gasteiger partial charge in [0.25, 0.3) is 0 Å². The summed E-state index contributed by atoms with van der Waals surface area (Å²) in [7, 11) is 1.54. The number of carbonyl (C=O) groups excluding carboxylic acids is 3. The molecule has 3 amide bonds. The van der Waals surface area contributed by atoms with Crippen LogP contribution < -0.4 is 10.6 Å². The lowest BCUT2D eigenvalue weighted by Gasteiger charge is -2.30. The van der Waals surface area contributed by atoms with Crippen LogP contribution in [0.1, 0.15) is 55.7 Å². The Hall–Kier alpha value is -2.72. The zero-order valence-corrected chi connectivity index (χ0v) is 21.3. The van der Waals surface area contributed by atoms with Gasteiger partial charge in [-0.3, -0.25) is 14.4 Å². The summed E-state index contributed by atoms with van der Waals surface area (Å²) in [5.41, 5.74) is 1.42. The summed E-state index contributed by atoms with van der Waals surface area (Å²) in [6.45, 7) is 5.62. The number of hydrogen-bond acceptors (Lipinski definition) is 6. The Labute approximate surface area is 207 Å². The molecule has 1 saturated heterocycles. The molecule has 3 N–H and O–H groups in total. The lowest BCUT2D eigenvalue weighted by atomic mass is 9.91. The molecular weight excluding hydrogens is 504 g/mol. The monoisotopic (exact) mass is 534 g/mol. The van der Waals surface area contributed by atoms with Crippen LogP contribution in [-0.4, -0.2) is 58.6 Å². The molecule has 0 bridgehead atoms. The van der Waals surface area contributed by atoms with Gasteiger partial charge >= 0.3 is 0 Å². The van der Waals surface area contributed by atoms with E-state index in [1.54, 1.807) is 13.0 Å². The molecule has 1 aliphatic heterocycles. The van der Waals surface area contributed by atoms with Gasteiger partial charge in [-0.1, -0.05) is 47.1 Å². The first-order valence-corrected chi connectivity index (χ1v) is 12.1. The number of β-amino-alcohol motifs (C(OH)–C–C–N with tert-alkyl or cyclic N) is 1. The van der Waals surface area contributed by atoms with Gasteiger partial charge < -0.3 is 25.2 Å². The normalized spacial score (nSPS) is 19.7. The van der Waals surface area contributed by atoms with E-state index >= 15 is 0 Å². The highest BCUT2D eigenvalue weighted by molar-refractivity contribution is 9.10. The maximum absolute atomic E-state index is 13.6. The van der Waals surface area contributed by atoms with Gasteiger partial charge in [0.1, 0.15) is 17.7 Å². The highest BCUT2D eigenvalue weighted by atomic mass is 79.9. The average Bonchev–Trinajstić information content (AvgIpc) is 3.39. The molecule has 10 heteroatoms. The molecule has 3 rings (SSSR count). The first-order valence-electron chi connectivity index (χ1n) is 11.3. The summed E-state index contributed by atoms with van der Waals surface area (Å²) in [5, 5.41) is 19.7. The van der Waals surface area contributed by atoms with Gasteiger partial charge in [0, 0.05) is 30.6 Å². The summed E-state index contributed by atoms with van der Waals surface area (Å²) in [6, 6.07) is 7.58. The molecule has 1 aromatic carbocycles. The Balaban J connectivity index is 1.83. The van der Waals surface area contributed by atoms with Crippen molar-refractivity contribution < 1.29 is 24.0 Å². The van der Waals surface area contributed by atoms with E-state index in [2.05, 4.69) is 31.7 Å². The first-order chi connectivity index (χ1) is 16.1. The number of amides is 3. The first kappa shape index (κ1) is 25.9. The van der Waals surface area contributed by atoms with Crippen LogP contribution >= 0.6 is 15.9 Å². The highest BCUT2D eigenvalue weighted by Crippen LogP contribution is 2.31. The zero-order chi connectivity index (χ0) is 25.0. The number of aliphatic hydroxyl groups excluding tert-OH is 1. The topological polar surface area (TPSA) is 125 Å². The number of benzene rings is 1. The second kappa shape index (κ2) is 11.1. The molecule has 2 aromatic rings. The fraction of sp³-hybridized carbons (Fsp3) is 0.500. The van der Waals surface area contributed by atoms with Crippen LogP contribution in [0.25, 0.3) is 0 Å². The van der Waals surface area contributed by atoms with Crippen molar-refractivity contribution in [2.75, 3.05) is 13.6 Å². The third-order valence-electron chi connectivity index (χ3n) is 6.01. The second-order valence-corrected chi connectivity index (χ2v) is 9.89. The van der Waals surface area contributed by atoms with Crippen LogP contribution in [-0.2, 0) is 14.4 Å². The van der Waals surface area contributed by atoms with Crippen molar-refractivity contribution in [2.45, 2.75) is 57.7 Å². The van der Waals surface area contributed by atoms with Crippen molar-refractivity contribution in [3.63, 3.8) is 0 Å². The predicted octanol–water partition coefficient (Wildman–Crippen LogP) is 2.44. The Morgan fingerprint density at radius 2 is 1.94 bits per heavy atom. The lowest BCUT2D eigenvalue weighted by molar-refractivity contribution is -0.141. The van der Waals surface area contributed by atoms with E-state index in [1.165, 1.54) is 11.9 Å². The van der Waals surface area contributed by atoms with Gasteiger partial charge in [0.15, 0.2) is 0 Å². The van der Waals surface area contributed by atoms with Gasteiger partial charge in [-0.05, 0) is 30.5 Å². The summed E-state index contributed by atoms with van der Waals surface area (Å²) >= 11 is 3.39. The molecule has 1 fully saturated rings. The minimum atomic E-state index is -0.865. The van der Waals surface area contributed by atoms with E-state index in [9.17, 15) is 19.5 Å². The van der Waals surface area contributed by atoms with Crippen LogP contribution in [0.5, 0.6) is 0 Å². The molecule has 0 saturated carbocycles. The van der Waals surface area contributed by atoms with E-state index in [4.69, 9.17) is 4.52 Å². The fourth-order valence-electron chi connectivity index (χ4n) is 4.25. The Bertz CT molecular complexity index is 1020. The third-order valence-corrected chi connectivity index (χ3v) is 6.54. The van der Waals surface area contributed by atoms with Crippen molar-refractivity contribution in [1.29, 1.82) is 0 Å². The van der Waals surface area contributed by atoms with Crippen LogP contribution in [0, 0.1) is 12.8 Å². The minimum Gasteiger partial charge on any atom is -0.391 e. The molecule has 34 heavy (non-hydrogen) atoms. The molecular formula is C24H31BrN4O5. The summed E-state index contributed by atoms with van der Waals surface area (Å²) < 4.78 is 6.24. The molecule has 4 atom stereocenters. The Morgan fingerprint density at radius 3 is 2.50 bits per heavy atom. The molecule has 0 spiro atoms. The van der Waals surface area contributed by atoms with Crippen LogP contribution in [0.15, 0.2) is 39.3 Å². The number of halogens is 1. The van der Waals surface area contributed by atoms with E-state index in [-0.39, 0.29) is 37.1 Å². The molecule has 1 aromatic heterocycles. The summed E-state index contributed by atoms with van der Waals surface area (Å²) in [6.07, 6.45) is -0.668. The Morgan fingerprint density at radius 1 is 1.26 bits per heavy atom. The zero-order valence-electron chi connectivity index (χ0n) is 19.7. The molecule has 0 aliphatic carbocycles. The van der Waals surface area contributed by atoms with Crippen molar-refractivity contribution in [3.8, 4) is 0 Å². The van der Waals surface area contributed by atoms with Gasteiger partial charge in [-0.15, -0.1) is 0 Å². The second-order valence-electron chi connectivity index (χ2n) is 8.98. The number of nitrogens with one attached hydrogen (secondary N) is 2. The number of rotatable bonds is 8. The number of aryl methyl sites for hydroxylation is 1. The van der Waals surface area contributed by atoms with Crippen molar-refractivity contribution >= 4 is 33.7 Å². The van der Waals surface area contributed by atoms with Crippen molar-refractivity contribution in [3.05, 3.63) is 51.8 Å². The van der Waals surface area contributed by atoms with Gasteiger partial charge in [-0.25, -0.2) is 0 Å². The molecule has 1 aliphatic rings. The van der Waals surface area contributed by atoms with Gasteiger partial charge in [0.2, 0.25) is 17.7 Å². The van der Waals surface area contributed by atoms with E-state index in [0.717, 1.165) is 10.0 Å². The maximum atomic E-state index is 13.6. The van der Waals surface area contributed by atoms with E-state index < -0.39 is 30.0 Å². The van der Waals surface area contributed by atoms with Crippen molar-refractivity contribution in [1.82, 2.24) is 20.7 Å². The fourth-order valence-corrected chi connectivity index (χ4v) is 4.52. The van der Waals surface area contributed by atoms with E-state index in [0.29, 0.717) is 11.5 Å². The number of aliphatic hydroxyl groups is 1. The Kier molecular flexibility index (Phi) is 8.48. The van der Waals surface area contributed by atoms with E-state index in [1.807, 2.05) is 38.1 Å². The molecule has 184 valence electrons. The number of nitrogens with zero attached hydrogens (tertiary/aromatic N) is 2. The molecule has 0 radical (unpaired) electrons. The van der Waals surface area contributed by atoms with Crippen molar-refractivity contribution in [2.24, 2.45) is 5.92 Å². The number of carbonyl (C=O) groups is 3.